The molecule has 0 saturated carbocycles. The lowest BCUT2D eigenvalue weighted by Crippen LogP contribution is -2.41. The summed E-state index contributed by atoms with van der Waals surface area (Å²) >= 11 is 0.734. The molecule has 2 unspecified atom stereocenters. The van der Waals surface area contributed by atoms with Crippen LogP contribution in [0.4, 0.5) is 13.2 Å². The molecular formula is C12H19ClF3N3S. The van der Waals surface area contributed by atoms with E-state index < -0.39 is 11.1 Å². The van der Waals surface area contributed by atoms with Gasteiger partial charge in [-0.2, -0.15) is 13.2 Å². The van der Waals surface area contributed by atoms with Gasteiger partial charge in [0.25, 0.3) is 0 Å². The second kappa shape index (κ2) is 7.06. The second-order valence-corrected chi connectivity index (χ2v) is 6.23. The number of alkyl halides is 3. The number of likely N-dealkylation sites (tertiary alicyclic amines) is 1. The summed E-state index contributed by atoms with van der Waals surface area (Å²) in [5, 5.41) is 0.526. The SMILES string of the molecule is CC(N)C1CCCN(Cc2ncc(C(F)(F)F)s2)C1.Cl. The maximum Gasteiger partial charge on any atom is 0.427 e. The third kappa shape index (κ3) is 4.58. The highest BCUT2D eigenvalue weighted by Crippen LogP contribution is 2.34. The average Bonchev–Trinajstić information content (AvgIpc) is 2.77. The van der Waals surface area contributed by atoms with Gasteiger partial charge in [-0.25, -0.2) is 4.98 Å². The molecule has 0 aliphatic carbocycles. The van der Waals surface area contributed by atoms with Gasteiger partial charge in [0.05, 0.1) is 12.7 Å². The van der Waals surface area contributed by atoms with Crippen LogP contribution in [0.2, 0.25) is 0 Å². The van der Waals surface area contributed by atoms with Crippen molar-refractivity contribution in [3.63, 3.8) is 0 Å². The molecule has 2 rings (SSSR count). The average molecular weight is 330 g/mol. The smallest absolute Gasteiger partial charge is 0.328 e. The first-order chi connectivity index (χ1) is 8.86. The van der Waals surface area contributed by atoms with Gasteiger partial charge in [-0.05, 0) is 32.2 Å². The zero-order valence-corrected chi connectivity index (χ0v) is 12.8. The summed E-state index contributed by atoms with van der Waals surface area (Å²) in [5.74, 6) is 0.427. The summed E-state index contributed by atoms with van der Waals surface area (Å²) < 4.78 is 37.5. The van der Waals surface area contributed by atoms with Crippen molar-refractivity contribution in [1.29, 1.82) is 0 Å². The fourth-order valence-electron chi connectivity index (χ4n) is 2.37. The van der Waals surface area contributed by atoms with Crippen LogP contribution in [0, 0.1) is 5.92 Å². The summed E-state index contributed by atoms with van der Waals surface area (Å²) in [6.45, 7) is 4.23. The summed E-state index contributed by atoms with van der Waals surface area (Å²) in [7, 11) is 0. The topological polar surface area (TPSA) is 42.1 Å². The molecule has 1 aromatic rings. The number of halogens is 4. The van der Waals surface area contributed by atoms with Crippen LogP contribution in [0.15, 0.2) is 6.20 Å². The number of aromatic nitrogens is 1. The first kappa shape index (κ1) is 17.7. The number of nitrogens with two attached hydrogens (primary N) is 1. The molecule has 20 heavy (non-hydrogen) atoms. The number of hydrogen-bond acceptors (Lipinski definition) is 4. The zero-order valence-electron chi connectivity index (χ0n) is 11.2. The van der Waals surface area contributed by atoms with Gasteiger partial charge in [-0.15, -0.1) is 23.7 Å². The van der Waals surface area contributed by atoms with Crippen molar-refractivity contribution in [3.8, 4) is 0 Å². The fourth-order valence-corrected chi connectivity index (χ4v) is 3.20. The Kier molecular flexibility index (Phi) is 6.25. The molecule has 1 saturated heterocycles. The van der Waals surface area contributed by atoms with Gasteiger partial charge in [0.2, 0.25) is 0 Å². The van der Waals surface area contributed by atoms with E-state index in [1.54, 1.807) is 0 Å². The monoisotopic (exact) mass is 329 g/mol. The van der Waals surface area contributed by atoms with E-state index in [2.05, 4.69) is 9.88 Å². The Balaban J connectivity index is 0.00000200. The molecule has 116 valence electrons. The van der Waals surface area contributed by atoms with E-state index in [1.165, 1.54) is 0 Å². The lowest BCUT2D eigenvalue weighted by Gasteiger charge is -2.34. The highest BCUT2D eigenvalue weighted by Gasteiger charge is 2.33. The Morgan fingerprint density at radius 1 is 1.55 bits per heavy atom. The van der Waals surface area contributed by atoms with E-state index >= 15 is 0 Å². The number of rotatable bonds is 3. The third-order valence-electron chi connectivity index (χ3n) is 3.48. The third-order valence-corrected chi connectivity index (χ3v) is 4.50. The maximum atomic E-state index is 12.5. The minimum absolute atomic E-state index is 0. The van der Waals surface area contributed by atoms with E-state index in [0.717, 1.165) is 43.5 Å². The Morgan fingerprint density at radius 3 is 2.80 bits per heavy atom. The number of nitrogens with zero attached hydrogens (tertiary/aromatic N) is 2. The zero-order chi connectivity index (χ0) is 14.0. The molecule has 3 nitrogen and oxygen atoms in total. The largest absolute Gasteiger partial charge is 0.427 e. The van der Waals surface area contributed by atoms with Gasteiger partial charge in [-0.1, -0.05) is 0 Å². The van der Waals surface area contributed by atoms with Crippen molar-refractivity contribution in [2.24, 2.45) is 11.7 Å². The van der Waals surface area contributed by atoms with E-state index in [1.807, 2.05) is 6.92 Å². The van der Waals surface area contributed by atoms with Crippen molar-refractivity contribution < 1.29 is 13.2 Å². The van der Waals surface area contributed by atoms with Gasteiger partial charge in [0, 0.05) is 12.6 Å². The Bertz CT molecular complexity index is 422. The van der Waals surface area contributed by atoms with E-state index in [0.29, 0.717) is 17.5 Å². The molecule has 0 radical (unpaired) electrons. The van der Waals surface area contributed by atoms with Crippen LogP contribution in [0.3, 0.4) is 0 Å². The molecule has 2 N–H and O–H groups in total. The standard InChI is InChI=1S/C12H18F3N3S.ClH/c1-8(16)9-3-2-4-18(6-9)7-11-17-5-10(19-11)12(13,14)15;/h5,8-9H,2-4,6-7,16H2,1H3;1H. The summed E-state index contributed by atoms with van der Waals surface area (Å²) in [5.41, 5.74) is 5.90. The summed E-state index contributed by atoms with van der Waals surface area (Å²) in [6, 6.07) is 0.129. The molecule has 0 amide bonds. The normalized spacial score (nSPS) is 22.4. The Labute approximate surface area is 126 Å². The van der Waals surface area contributed by atoms with Crippen LogP contribution in [0.1, 0.15) is 29.7 Å². The fraction of sp³-hybridized carbons (Fsp3) is 0.750. The van der Waals surface area contributed by atoms with Gasteiger partial charge < -0.3 is 5.73 Å². The molecule has 2 atom stereocenters. The van der Waals surface area contributed by atoms with Crippen LogP contribution >= 0.6 is 23.7 Å². The lowest BCUT2D eigenvalue weighted by molar-refractivity contribution is -0.134. The van der Waals surface area contributed by atoms with E-state index in [9.17, 15) is 13.2 Å². The molecule has 1 aliphatic rings. The van der Waals surface area contributed by atoms with Crippen LogP contribution in [0.25, 0.3) is 0 Å². The number of hydrogen-bond donors (Lipinski definition) is 1. The van der Waals surface area contributed by atoms with Gasteiger partial charge in [-0.3, -0.25) is 4.90 Å². The minimum atomic E-state index is -4.29. The highest BCUT2D eigenvalue weighted by molar-refractivity contribution is 7.11. The molecule has 1 aliphatic heterocycles. The minimum Gasteiger partial charge on any atom is -0.328 e. The second-order valence-electron chi connectivity index (χ2n) is 5.11. The summed E-state index contributed by atoms with van der Waals surface area (Å²) in [4.78, 5) is 5.40. The first-order valence-electron chi connectivity index (χ1n) is 6.36. The quantitative estimate of drug-likeness (QED) is 0.926. The van der Waals surface area contributed by atoms with Crippen molar-refractivity contribution in [2.75, 3.05) is 13.1 Å². The van der Waals surface area contributed by atoms with Crippen molar-refractivity contribution >= 4 is 23.7 Å². The number of thiazole rings is 1. The summed E-state index contributed by atoms with van der Waals surface area (Å²) in [6.07, 6.45) is -1.22. The molecule has 1 fully saturated rings. The highest BCUT2D eigenvalue weighted by atomic mass is 35.5. The van der Waals surface area contributed by atoms with E-state index in [-0.39, 0.29) is 18.4 Å². The molecule has 0 bridgehead atoms. The van der Waals surface area contributed by atoms with Crippen LogP contribution in [0.5, 0.6) is 0 Å². The van der Waals surface area contributed by atoms with Crippen molar-refractivity contribution in [2.45, 2.75) is 38.5 Å². The van der Waals surface area contributed by atoms with Crippen LogP contribution < -0.4 is 5.73 Å². The molecule has 1 aromatic heterocycles. The first-order valence-corrected chi connectivity index (χ1v) is 7.17. The molecule has 0 aromatic carbocycles. The van der Waals surface area contributed by atoms with Crippen molar-refractivity contribution in [3.05, 3.63) is 16.1 Å². The molecule has 0 spiro atoms. The van der Waals surface area contributed by atoms with Crippen LogP contribution in [-0.2, 0) is 12.7 Å². The van der Waals surface area contributed by atoms with Crippen LogP contribution in [-0.4, -0.2) is 29.0 Å². The predicted molar refractivity (Wildman–Crippen MR) is 76.0 cm³/mol. The number of piperidine rings is 1. The van der Waals surface area contributed by atoms with E-state index in [4.69, 9.17) is 5.73 Å². The lowest BCUT2D eigenvalue weighted by atomic mass is 9.92. The predicted octanol–water partition coefficient (Wildman–Crippen LogP) is 3.14. The van der Waals surface area contributed by atoms with Gasteiger partial charge >= 0.3 is 6.18 Å². The van der Waals surface area contributed by atoms with Gasteiger partial charge in [0.15, 0.2) is 0 Å². The molecule has 2 heterocycles. The van der Waals surface area contributed by atoms with Gasteiger partial charge in [0.1, 0.15) is 9.88 Å². The Hall–Kier alpha value is -0.370. The maximum absolute atomic E-state index is 12.5. The van der Waals surface area contributed by atoms with Crippen molar-refractivity contribution in [1.82, 2.24) is 9.88 Å². The molecular weight excluding hydrogens is 311 g/mol. The molecule has 8 heteroatoms. The Morgan fingerprint density at radius 2 is 2.25 bits per heavy atom.